The topological polar surface area (TPSA) is 67.9 Å². The Hall–Kier alpha value is -3.80. The highest BCUT2D eigenvalue weighted by atomic mass is 16.5. The molecular formula is C29H34N2O4. The van der Waals surface area contributed by atoms with E-state index in [9.17, 15) is 9.59 Å². The van der Waals surface area contributed by atoms with Crippen LogP contribution in [0.2, 0.25) is 0 Å². The molecule has 35 heavy (non-hydrogen) atoms. The molecule has 0 saturated heterocycles. The van der Waals surface area contributed by atoms with Crippen LogP contribution in [0.1, 0.15) is 30.0 Å². The summed E-state index contributed by atoms with van der Waals surface area (Å²) >= 11 is 0. The number of nitrogens with zero attached hydrogens (tertiary/aromatic N) is 1. The molecule has 0 saturated carbocycles. The Morgan fingerprint density at radius 2 is 1.66 bits per heavy atom. The largest absolute Gasteiger partial charge is 0.497 e. The third-order valence-corrected chi connectivity index (χ3v) is 5.75. The molecule has 0 aliphatic carbocycles. The molecule has 0 aliphatic heterocycles. The van der Waals surface area contributed by atoms with Gasteiger partial charge in [0.25, 0.3) is 5.91 Å². The number of para-hydroxylation sites is 1. The molecule has 0 spiro atoms. The van der Waals surface area contributed by atoms with E-state index in [0.29, 0.717) is 24.5 Å². The van der Waals surface area contributed by atoms with Gasteiger partial charge in [0.1, 0.15) is 17.5 Å². The van der Waals surface area contributed by atoms with Crippen LogP contribution < -0.4 is 14.8 Å². The van der Waals surface area contributed by atoms with Crippen molar-refractivity contribution in [2.75, 3.05) is 20.3 Å². The molecule has 6 nitrogen and oxygen atoms in total. The van der Waals surface area contributed by atoms with Crippen LogP contribution in [-0.2, 0) is 22.6 Å². The van der Waals surface area contributed by atoms with Gasteiger partial charge in [0.05, 0.1) is 7.11 Å². The second-order valence-electron chi connectivity index (χ2n) is 8.42. The molecule has 1 atom stereocenters. The third kappa shape index (κ3) is 7.60. The number of rotatable bonds is 12. The summed E-state index contributed by atoms with van der Waals surface area (Å²) in [4.78, 5) is 28.5. The highest BCUT2D eigenvalue weighted by molar-refractivity contribution is 5.88. The monoisotopic (exact) mass is 474 g/mol. The van der Waals surface area contributed by atoms with Crippen molar-refractivity contribution in [1.82, 2.24) is 10.2 Å². The fourth-order valence-corrected chi connectivity index (χ4v) is 3.83. The van der Waals surface area contributed by atoms with Gasteiger partial charge in [-0.1, -0.05) is 67.6 Å². The summed E-state index contributed by atoms with van der Waals surface area (Å²) in [5.74, 6) is 0.907. The molecule has 1 unspecified atom stereocenters. The summed E-state index contributed by atoms with van der Waals surface area (Å²) in [5, 5.41) is 2.98. The number of ether oxygens (including phenoxy) is 2. The number of benzene rings is 3. The van der Waals surface area contributed by atoms with E-state index in [1.807, 2.05) is 92.7 Å². The van der Waals surface area contributed by atoms with Crippen molar-refractivity contribution < 1.29 is 19.1 Å². The number of carbonyl (C=O) groups is 2. The fraction of sp³-hybridized carbons (Fsp3) is 0.310. The molecule has 0 aliphatic rings. The molecule has 1 N–H and O–H groups in total. The Morgan fingerprint density at radius 3 is 2.37 bits per heavy atom. The Morgan fingerprint density at radius 1 is 0.943 bits per heavy atom. The van der Waals surface area contributed by atoms with Crippen LogP contribution in [0.25, 0.3) is 0 Å². The first kappa shape index (κ1) is 25.8. The smallest absolute Gasteiger partial charge is 0.261 e. The van der Waals surface area contributed by atoms with Gasteiger partial charge in [-0.15, -0.1) is 0 Å². The highest BCUT2D eigenvalue weighted by Crippen LogP contribution is 2.20. The van der Waals surface area contributed by atoms with Crippen molar-refractivity contribution in [2.45, 2.75) is 39.3 Å². The summed E-state index contributed by atoms with van der Waals surface area (Å²) in [5.41, 5.74) is 2.79. The van der Waals surface area contributed by atoms with E-state index in [1.54, 1.807) is 12.0 Å². The number of carbonyl (C=O) groups excluding carboxylic acids is 2. The molecule has 0 radical (unpaired) electrons. The second kappa shape index (κ2) is 13.2. The van der Waals surface area contributed by atoms with E-state index < -0.39 is 6.04 Å². The lowest BCUT2D eigenvalue weighted by Gasteiger charge is -2.31. The molecule has 2 amide bonds. The average molecular weight is 475 g/mol. The zero-order valence-electron chi connectivity index (χ0n) is 20.7. The first-order chi connectivity index (χ1) is 17.0. The van der Waals surface area contributed by atoms with Crippen molar-refractivity contribution in [3.63, 3.8) is 0 Å². The first-order valence-corrected chi connectivity index (χ1v) is 11.9. The van der Waals surface area contributed by atoms with Gasteiger partial charge in [0, 0.05) is 19.5 Å². The van der Waals surface area contributed by atoms with Crippen molar-refractivity contribution in [1.29, 1.82) is 0 Å². The van der Waals surface area contributed by atoms with Crippen LogP contribution in [-0.4, -0.2) is 43.0 Å². The molecule has 3 rings (SSSR count). The Bertz CT molecular complexity index is 1100. The molecule has 3 aromatic rings. The zero-order chi connectivity index (χ0) is 25.0. The molecule has 0 aromatic heterocycles. The highest BCUT2D eigenvalue weighted by Gasteiger charge is 2.30. The van der Waals surface area contributed by atoms with Crippen LogP contribution in [0.15, 0.2) is 78.9 Å². The summed E-state index contributed by atoms with van der Waals surface area (Å²) in [6.07, 6.45) is 1.21. The van der Waals surface area contributed by atoms with Gasteiger partial charge in [-0.25, -0.2) is 0 Å². The van der Waals surface area contributed by atoms with Crippen molar-refractivity contribution in [3.8, 4) is 11.5 Å². The second-order valence-corrected chi connectivity index (χ2v) is 8.42. The van der Waals surface area contributed by atoms with E-state index in [-0.39, 0.29) is 25.0 Å². The number of aryl methyl sites for hydroxylation is 1. The average Bonchev–Trinajstić information content (AvgIpc) is 2.89. The van der Waals surface area contributed by atoms with E-state index in [0.717, 1.165) is 23.1 Å². The minimum absolute atomic E-state index is 0.166. The number of methoxy groups -OCH3 is 1. The minimum Gasteiger partial charge on any atom is -0.497 e. The molecule has 6 heteroatoms. The Balaban J connectivity index is 1.91. The molecular weight excluding hydrogens is 440 g/mol. The molecule has 0 bridgehead atoms. The quantitative estimate of drug-likeness (QED) is 0.418. The zero-order valence-corrected chi connectivity index (χ0v) is 20.7. The predicted octanol–water partition coefficient (Wildman–Crippen LogP) is 4.55. The predicted molar refractivity (Wildman–Crippen MR) is 137 cm³/mol. The van der Waals surface area contributed by atoms with Crippen molar-refractivity contribution in [2.24, 2.45) is 0 Å². The maximum Gasteiger partial charge on any atom is 0.261 e. The lowest BCUT2D eigenvalue weighted by atomic mass is 10.0. The number of amides is 2. The maximum atomic E-state index is 13.6. The maximum absolute atomic E-state index is 13.6. The van der Waals surface area contributed by atoms with Crippen LogP contribution in [0.3, 0.4) is 0 Å². The number of nitrogens with one attached hydrogen (secondary N) is 1. The van der Waals surface area contributed by atoms with Gasteiger partial charge in [0.2, 0.25) is 5.91 Å². The van der Waals surface area contributed by atoms with Crippen molar-refractivity contribution in [3.05, 3.63) is 95.6 Å². The standard InChI is InChI=1S/C29H34N2O4/c1-4-17-30-29(33)26(19-23-12-6-5-7-13-23)31(20-24-14-10-15-25(18-24)34-3)28(32)21-35-27-16-9-8-11-22(27)2/h5-16,18,26H,4,17,19-21H2,1-3H3,(H,30,33). The van der Waals surface area contributed by atoms with E-state index in [2.05, 4.69) is 5.32 Å². The normalized spacial score (nSPS) is 11.4. The summed E-state index contributed by atoms with van der Waals surface area (Å²) < 4.78 is 11.2. The van der Waals surface area contributed by atoms with Gasteiger partial charge < -0.3 is 19.7 Å². The van der Waals surface area contributed by atoms with Crippen LogP contribution >= 0.6 is 0 Å². The van der Waals surface area contributed by atoms with Gasteiger partial charge in [-0.2, -0.15) is 0 Å². The summed E-state index contributed by atoms with van der Waals surface area (Å²) in [6, 6.07) is 24.2. The van der Waals surface area contributed by atoms with Crippen LogP contribution in [0.4, 0.5) is 0 Å². The van der Waals surface area contributed by atoms with Crippen LogP contribution in [0, 0.1) is 6.92 Å². The number of hydrogen-bond donors (Lipinski definition) is 1. The van der Waals surface area contributed by atoms with E-state index in [1.165, 1.54) is 0 Å². The summed E-state index contributed by atoms with van der Waals surface area (Å²) in [6.45, 7) is 4.57. The van der Waals surface area contributed by atoms with Crippen molar-refractivity contribution >= 4 is 11.8 Å². The molecule has 184 valence electrons. The third-order valence-electron chi connectivity index (χ3n) is 5.75. The Kier molecular flexibility index (Phi) is 9.72. The lowest BCUT2D eigenvalue weighted by molar-refractivity contribution is -0.142. The SMILES string of the molecule is CCCNC(=O)C(Cc1ccccc1)N(Cc1cccc(OC)c1)C(=O)COc1ccccc1C. The number of hydrogen-bond acceptors (Lipinski definition) is 4. The van der Waals surface area contributed by atoms with E-state index in [4.69, 9.17) is 9.47 Å². The van der Waals surface area contributed by atoms with E-state index >= 15 is 0 Å². The fourth-order valence-electron chi connectivity index (χ4n) is 3.83. The molecule has 0 fully saturated rings. The Labute approximate surface area is 207 Å². The van der Waals surface area contributed by atoms with Gasteiger partial charge >= 0.3 is 0 Å². The first-order valence-electron chi connectivity index (χ1n) is 11.9. The van der Waals surface area contributed by atoms with Gasteiger partial charge in [-0.3, -0.25) is 9.59 Å². The molecule has 0 heterocycles. The summed E-state index contributed by atoms with van der Waals surface area (Å²) in [7, 11) is 1.61. The minimum atomic E-state index is -0.692. The van der Waals surface area contributed by atoms with Crippen LogP contribution in [0.5, 0.6) is 11.5 Å². The molecule has 3 aromatic carbocycles. The van der Waals surface area contributed by atoms with Gasteiger partial charge in [-0.05, 0) is 48.2 Å². The van der Waals surface area contributed by atoms with Gasteiger partial charge in [0.15, 0.2) is 6.61 Å². The lowest BCUT2D eigenvalue weighted by Crippen LogP contribution is -2.51.